The Morgan fingerprint density at radius 1 is 1.00 bits per heavy atom. The standard InChI is InChI=1S/C27H22BrF3N2O4/c1-35-21-13-17-9-11-33(26(34)32-10-8-16-12-19(28)6-7-22(16)32)25(24(17)23(15-21)36-2)18-4-3-5-20(14-18)37-27(29,30)31/h3-8,10,12-15,25H,9,11H2,1-2H3. The van der Waals surface area contributed by atoms with Crippen LogP contribution in [-0.4, -0.2) is 42.6 Å². The fourth-order valence-electron chi connectivity index (χ4n) is 4.84. The third kappa shape index (κ3) is 4.85. The molecule has 0 bridgehead atoms. The van der Waals surface area contributed by atoms with Crippen LogP contribution >= 0.6 is 15.9 Å². The number of rotatable bonds is 4. The van der Waals surface area contributed by atoms with E-state index >= 15 is 0 Å². The van der Waals surface area contributed by atoms with Crippen LogP contribution in [0.15, 0.2) is 71.3 Å². The molecule has 3 aromatic carbocycles. The van der Waals surface area contributed by atoms with Gasteiger partial charge in [0, 0.05) is 34.2 Å². The molecule has 1 aliphatic heterocycles. The maximum atomic E-state index is 14.0. The van der Waals surface area contributed by atoms with Gasteiger partial charge in [-0.1, -0.05) is 28.1 Å². The molecule has 0 fully saturated rings. The van der Waals surface area contributed by atoms with Gasteiger partial charge in [0.25, 0.3) is 0 Å². The Kier molecular flexibility index (Phi) is 6.53. The molecule has 4 aromatic rings. The van der Waals surface area contributed by atoms with E-state index in [9.17, 15) is 18.0 Å². The molecular weight excluding hydrogens is 553 g/mol. The number of hydrogen-bond donors (Lipinski definition) is 0. The van der Waals surface area contributed by atoms with E-state index < -0.39 is 12.4 Å². The number of amides is 1. The van der Waals surface area contributed by atoms with E-state index in [0.29, 0.717) is 41.1 Å². The van der Waals surface area contributed by atoms with Gasteiger partial charge in [-0.25, -0.2) is 4.79 Å². The molecular formula is C27H22BrF3N2O4. The van der Waals surface area contributed by atoms with Crippen LogP contribution in [0.3, 0.4) is 0 Å². The molecule has 10 heteroatoms. The zero-order chi connectivity index (χ0) is 26.3. The van der Waals surface area contributed by atoms with Crippen molar-refractivity contribution in [2.75, 3.05) is 20.8 Å². The minimum Gasteiger partial charge on any atom is -0.497 e. The lowest BCUT2D eigenvalue weighted by atomic mass is 9.87. The van der Waals surface area contributed by atoms with Gasteiger partial charge in [0.05, 0.1) is 25.8 Å². The lowest BCUT2D eigenvalue weighted by molar-refractivity contribution is -0.274. The van der Waals surface area contributed by atoms with Gasteiger partial charge in [-0.2, -0.15) is 0 Å². The minimum atomic E-state index is -4.85. The van der Waals surface area contributed by atoms with Crippen LogP contribution in [0.2, 0.25) is 0 Å². The van der Waals surface area contributed by atoms with Crippen LogP contribution < -0.4 is 14.2 Å². The first-order chi connectivity index (χ1) is 17.7. The van der Waals surface area contributed by atoms with Crippen molar-refractivity contribution in [3.63, 3.8) is 0 Å². The van der Waals surface area contributed by atoms with Crippen molar-refractivity contribution in [1.82, 2.24) is 9.47 Å². The molecule has 0 saturated carbocycles. The zero-order valence-electron chi connectivity index (χ0n) is 19.9. The highest BCUT2D eigenvalue weighted by Crippen LogP contribution is 2.44. The molecule has 1 atom stereocenters. The highest BCUT2D eigenvalue weighted by molar-refractivity contribution is 9.10. The second-order valence-electron chi connectivity index (χ2n) is 8.54. The van der Waals surface area contributed by atoms with Crippen LogP contribution in [-0.2, 0) is 6.42 Å². The molecule has 1 aromatic heterocycles. The molecule has 5 rings (SSSR count). The summed E-state index contributed by atoms with van der Waals surface area (Å²) in [5.41, 5.74) is 2.74. The molecule has 192 valence electrons. The normalized spacial score (nSPS) is 15.4. The number of hydrogen-bond acceptors (Lipinski definition) is 4. The average Bonchev–Trinajstić information content (AvgIpc) is 3.29. The Balaban J connectivity index is 1.66. The lowest BCUT2D eigenvalue weighted by Gasteiger charge is -2.38. The minimum absolute atomic E-state index is 0.312. The van der Waals surface area contributed by atoms with Crippen molar-refractivity contribution in [1.29, 1.82) is 0 Å². The van der Waals surface area contributed by atoms with Crippen LogP contribution in [0.4, 0.5) is 18.0 Å². The summed E-state index contributed by atoms with van der Waals surface area (Å²) in [7, 11) is 3.05. The second kappa shape index (κ2) is 9.66. The van der Waals surface area contributed by atoms with Crippen LogP contribution in [0.25, 0.3) is 10.9 Å². The molecule has 6 nitrogen and oxygen atoms in total. The Hall–Kier alpha value is -3.66. The topological polar surface area (TPSA) is 52.9 Å². The SMILES string of the molecule is COc1cc2c(c(OC)c1)C(c1cccc(OC(F)(F)F)c1)N(C(=O)n1ccc3cc(Br)ccc31)CC2. The number of methoxy groups -OCH3 is 2. The summed E-state index contributed by atoms with van der Waals surface area (Å²) in [6.07, 6.45) is -2.64. The van der Waals surface area contributed by atoms with E-state index in [2.05, 4.69) is 20.7 Å². The van der Waals surface area contributed by atoms with Gasteiger partial charge >= 0.3 is 12.4 Å². The maximum Gasteiger partial charge on any atom is 0.573 e. The highest BCUT2D eigenvalue weighted by atomic mass is 79.9. The average molecular weight is 575 g/mol. The van der Waals surface area contributed by atoms with Crippen molar-refractivity contribution in [3.8, 4) is 17.2 Å². The Morgan fingerprint density at radius 2 is 1.81 bits per heavy atom. The number of fused-ring (bicyclic) bond motifs is 2. The molecule has 0 spiro atoms. The van der Waals surface area contributed by atoms with Crippen molar-refractivity contribution in [2.24, 2.45) is 0 Å². The van der Waals surface area contributed by atoms with E-state index in [4.69, 9.17) is 9.47 Å². The number of ether oxygens (including phenoxy) is 3. The highest BCUT2D eigenvalue weighted by Gasteiger charge is 2.37. The van der Waals surface area contributed by atoms with Gasteiger partial charge in [0.2, 0.25) is 0 Å². The van der Waals surface area contributed by atoms with E-state index in [1.165, 1.54) is 25.3 Å². The summed E-state index contributed by atoms with van der Waals surface area (Å²) in [6.45, 7) is 0.327. The predicted octanol–water partition coefficient (Wildman–Crippen LogP) is 6.94. The zero-order valence-corrected chi connectivity index (χ0v) is 21.5. The summed E-state index contributed by atoms with van der Waals surface area (Å²) < 4.78 is 56.7. The molecule has 1 unspecified atom stereocenters. The summed E-state index contributed by atoms with van der Waals surface area (Å²) >= 11 is 3.45. The van der Waals surface area contributed by atoms with E-state index in [0.717, 1.165) is 15.4 Å². The van der Waals surface area contributed by atoms with Gasteiger partial charge < -0.3 is 19.1 Å². The lowest BCUT2D eigenvalue weighted by Crippen LogP contribution is -2.42. The molecule has 0 saturated heterocycles. The van der Waals surface area contributed by atoms with Gasteiger partial charge in [-0.15, -0.1) is 13.2 Å². The number of alkyl halides is 3. The smallest absolute Gasteiger partial charge is 0.497 e. The molecule has 1 aliphatic rings. The third-order valence-corrected chi connectivity index (χ3v) is 6.87. The van der Waals surface area contributed by atoms with Crippen LogP contribution in [0.5, 0.6) is 17.2 Å². The molecule has 1 amide bonds. The Morgan fingerprint density at radius 3 is 2.54 bits per heavy atom. The first kappa shape index (κ1) is 25.0. The van der Waals surface area contributed by atoms with Crippen molar-refractivity contribution >= 4 is 32.9 Å². The summed E-state index contributed by atoms with van der Waals surface area (Å²) in [5.74, 6) is 0.693. The first-order valence-electron chi connectivity index (χ1n) is 11.4. The van der Waals surface area contributed by atoms with Gasteiger partial charge in [0.1, 0.15) is 17.2 Å². The summed E-state index contributed by atoms with van der Waals surface area (Å²) in [6, 6.07) is 15.7. The number of carbonyl (C=O) groups excluding carboxylic acids is 1. The Labute approximate surface area is 219 Å². The molecule has 37 heavy (non-hydrogen) atoms. The number of aromatic nitrogens is 1. The summed E-state index contributed by atoms with van der Waals surface area (Å²) in [4.78, 5) is 15.6. The van der Waals surface area contributed by atoms with Crippen molar-refractivity contribution < 1.29 is 32.2 Å². The van der Waals surface area contributed by atoms with E-state index in [-0.39, 0.29) is 11.8 Å². The van der Waals surface area contributed by atoms with E-state index in [1.807, 2.05) is 30.3 Å². The largest absolute Gasteiger partial charge is 0.573 e. The van der Waals surface area contributed by atoms with Gasteiger partial charge in [-0.3, -0.25) is 4.57 Å². The Bertz CT molecular complexity index is 1470. The van der Waals surface area contributed by atoms with Crippen molar-refractivity contribution in [3.05, 3.63) is 88.0 Å². The fourth-order valence-corrected chi connectivity index (χ4v) is 5.22. The number of benzene rings is 3. The van der Waals surface area contributed by atoms with Gasteiger partial charge in [0.15, 0.2) is 0 Å². The maximum absolute atomic E-state index is 14.0. The second-order valence-corrected chi connectivity index (χ2v) is 9.46. The number of carbonyl (C=O) groups is 1. The van der Waals surface area contributed by atoms with Crippen molar-refractivity contribution in [2.45, 2.75) is 18.8 Å². The molecule has 0 aliphatic carbocycles. The fraction of sp³-hybridized carbons (Fsp3) is 0.222. The van der Waals surface area contributed by atoms with E-state index in [1.54, 1.807) is 34.9 Å². The molecule has 0 N–H and O–H groups in total. The monoisotopic (exact) mass is 574 g/mol. The molecule has 0 radical (unpaired) electrons. The van der Waals surface area contributed by atoms with Gasteiger partial charge in [-0.05, 0) is 60.0 Å². The summed E-state index contributed by atoms with van der Waals surface area (Å²) in [5, 5.41) is 0.875. The predicted molar refractivity (Wildman–Crippen MR) is 135 cm³/mol. The first-order valence-corrected chi connectivity index (χ1v) is 12.2. The third-order valence-electron chi connectivity index (χ3n) is 6.38. The molecule has 2 heterocycles. The van der Waals surface area contributed by atoms with Crippen LogP contribution in [0.1, 0.15) is 22.7 Å². The quantitative estimate of drug-likeness (QED) is 0.265. The van der Waals surface area contributed by atoms with Crippen LogP contribution in [0, 0.1) is 0 Å². The number of nitrogens with zero attached hydrogens (tertiary/aromatic N) is 2. The number of halogens is 4.